The molecule has 0 spiro atoms. The third-order valence-electron chi connectivity index (χ3n) is 4.42. The smallest absolute Gasteiger partial charge is 0.329 e. The zero-order valence-electron chi connectivity index (χ0n) is 16.9. The van der Waals surface area contributed by atoms with E-state index in [-0.39, 0.29) is 12.2 Å². The zero-order chi connectivity index (χ0) is 21.7. The third-order valence-corrected chi connectivity index (χ3v) is 4.70. The Morgan fingerprint density at radius 2 is 1.90 bits per heavy atom. The normalized spacial score (nSPS) is 14.8. The highest BCUT2D eigenvalue weighted by Gasteiger charge is 2.32. The van der Waals surface area contributed by atoms with Gasteiger partial charge in [0, 0.05) is 6.54 Å². The van der Waals surface area contributed by atoms with Crippen molar-refractivity contribution in [3.63, 3.8) is 0 Å². The molecule has 1 N–H and O–H groups in total. The fourth-order valence-corrected chi connectivity index (χ4v) is 3.22. The van der Waals surface area contributed by atoms with Crippen molar-refractivity contribution < 1.29 is 19.1 Å². The zero-order valence-corrected chi connectivity index (χ0v) is 17.7. The van der Waals surface area contributed by atoms with Gasteiger partial charge < -0.3 is 14.8 Å². The van der Waals surface area contributed by atoms with Crippen molar-refractivity contribution in [3.8, 4) is 11.5 Å². The molecule has 0 radical (unpaired) electrons. The Balaban J connectivity index is 1.85. The predicted octanol–water partition coefficient (Wildman–Crippen LogP) is 4.70. The lowest BCUT2D eigenvalue weighted by Crippen LogP contribution is -2.30. The topological polar surface area (TPSA) is 67.9 Å². The van der Waals surface area contributed by atoms with Gasteiger partial charge in [0.15, 0.2) is 11.5 Å². The van der Waals surface area contributed by atoms with Gasteiger partial charge >= 0.3 is 6.03 Å². The van der Waals surface area contributed by atoms with Crippen LogP contribution in [0.4, 0.5) is 4.79 Å². The molecule has 2 aromatic carbocycles. The summed E-state index contributed by atoms with van der Waals surface area (Å²) >= 11 is 6.46. The quantitative estimate of drug-likeness (QED) is 0.377. The summed E-state index contributed by atoms with van der Waals surface area (Å²) in [6.07, 6.45) is 3.05. The molecule has 30 heavy (non-hydrogen) atoms. The van der Waals surface area contributed by atoms with Crippen LogP contribution in [0.25, 0.3) is 6.08 Å². The largest absolute Gasteiger partial charge is 0.490 e. The molecule has 1 aliphatic rings. The number of ether oxygens (including phenoxy) is 2. The van der Waals surface area contributed by atoms with E-state index in [1.165, 1.54) is 11.6 Å². The summed E-state index contributed by atoms with van der Waals surface area (Å²) in [6, 6.07) is 10.9. The molecular formula is C23H23ClN2O4. The summed E-state index contributed by atoms with van der Waals surface area (Å²) in [5, 5.41) is 2.91. The van der Waals surface area contributed by atoms with E-state index in [1.807, 2.05) is 38.1 Å². The van der Waals surface area contributed by atoms with Crippen LogP contribution < -0.4 is 14.8 Å². The second-order valence-electron chi connectivity index (χ2n) is 6.73. The highest BCUT2D eigenvalue weighted by molar-refractivity contribution is 6.32. The number of hydrogen-bond acceptors (Lipinski definition) is 4. The number of benzene rings is 2. The molecule has 6 nitrogen and oxygen atoms in total. The Kier molecular flexibility index (Phi) is 6.79. The standard InChI is InChI=1S/C23H23ClN2O4/c1-4-10-26-22(27)19(25-23(26)28)12-17-11-18(24)21(20(13-17)29-5-2)30-14-16-8-6-15(3)7-9-16/h4,6-9,11-13H,1,5,10,14H2,2-3H3,(H,25,28)/b19-12+. The predicted molar refractivity (Wildman–Crippen MR) is 117 cm³/mol. The van der Waals surface area contributed by atoms with Crippen LogP contribution in [-0.4, -0.2) is 30.0 Å². The van der Waals surface area contributed by atoms with E-state index in [2.05, 4.69) is 11.9 Å². The minimum absolute atomic E-state index is 0.138. The van der Waals surface area contributed by atoms with Gasteiger partial charge in [-0.3, -0.25) is 9.69 Å². The van der Waals surface area contributed by atoms with Crippen molar-refractivity contribution in [3.05, 3.63) is 76.5 Å². The van der Waals surface area contributed by atoms with Gasteiger partial charge in [-0.15, -0.1) is 6.58 Å². The first-order valence-corrected chi connectivity index (χ1v) is 9.90. The molecule has 0 atom stereocenters. The van der Waals surface area contributed by atoms with Crippen LogP contribution in [0.15, 0.2) is 54.8 Å². The van der Waals surface area contributed by atoms with Crippen LogP contribution in [0.2, 0.25) is 5.02 Å². The number of halogens is 1. The molecule has 0 saturated carbocycles. The molecule has 1 saturated heterocycles. The lowest BCUT2D eigenvalue weighted by Gasteiger charge is -2.15. The maximum atomic E-state index is 12.4. The van der Waals surface area contributed by atoms with E-state index < -0.39 is 11.9 Å². The maximum Gasteiger partial charge on any atom is 0.329 e. The molecule has 0 aromatic heterocycles. The number of nitrogens with zero attached hydrogens (tertiary/aromatic N) is 1. The molecule has 3 rings (SSSR count). The molecule has 156 valence electrons. The van der Waals surface area contributed by atoms with Crippen LogP contribution in [0.3, 0.4) is 0 Å². The van der Waals surface area contributed by atoms with Gasteiger partial charge in [0.25, 0.3) is 5.91 Å². The number of aryl methyl sites for hydroxylation is 1. The molecule has 0 aliphatic carbocycles. The average Bonchev–Trinajstić information content (AvgIpc) is 2.97. The lowest BCUT2D eigenvalue weighted by molar-refractivity contribution is -0.122. The first-order chi connectivity index (χ1) is 14.4. The van der Waals surface area contributed by atoms with Crippen molar-refractivity contribution in [2.75, 3.05) is 13.2 Å². The van der Waals surface area contributed by atoms with E-state index in [4.69, 9.17) is 21.1 Å². The first kappa shape index (κ1) is 21.5. The summed E-state index contributed by atoms with van der Waals surface area (Å²) in [5.41, 5.74) is 2.94. The molecule has 0 unspecified atom stereocenters. The van der Waals surface area contributed by atoms with Gasteiger partial charge in [-0.25, -0.2) is 4.79 Å². The average molecular weight is 427 g/mol. The van der Waals surface area contributed by atoms with Crippen LogP contribution in [0.5, 0.6) is 11.5 Å². The molecule has 1 aliphatic heterocycles. The first-order valence-electron chi connectivity index (χ1n) is 9.53. The number of imide groups is 1. The monoisotopic (exact) mass is 426 g/mol. The second-order valence-corrected chi connectivity index (χ2v) is 7.14. The summed E-state index contributed by atoms with van der Waals surface area (Å²) in [4.78, 5) is 25.4. The number of urea groups is 1. The SMILES string of the molecule is C=CCN1C(=O)N/C(=C/c2cc(Cl)c(OCc3ccc(C)cc3)c(OCC)c2)C1=O. The Morgan fingerprint density at radius 3 is 2.57 bits per heavy atom. The minimum Gasteiger partial charge on any atom is -0.490 e. The number of amides is 3. The van der Waals surface area contributed by atoms with Gasteiger partial charge in [0.2, 0.25) is 0 Å². The van der Waals surface area contributed by atoms with Crippen LogP contribution >= 0.6 is 11.6 Å². The van der Waals surface area contributed by atoms with E-state index in [9.17, 15) is 9.59 Å². The van der Waals surface area contributed by atoms with Crippen LogP contribution in [0.1, 0.15) is 23.6 Å². The van der Waals surface area contributed by atoms with E-state index in [0.717, 1.165) is 10.5 Å². The van der Waals surface area contributed by atoms with Crippen molar-refractivity contribution in [1.82, 2.24) is 10.2 Å². The molecule has 1 fully saturated rings. The fraction of sp³-hybridized carbons (Fsp3) is 0.217. The van der Waals surface area contributed by atoms with Crippen molar-refractivity contribution in [1.29, 1.82) is 0 Å². The Morgan fingerprint density at radius 1 is 1.17 bits per heavy atom. The van der Waals surface area contributed by atoms with Crippen molar-refractivity contribution in [2.24, 2.45) is 0 Å². The number of nitrogens with one attached hydrogen (secondary N) is 1. The third kappa shape index (κ3) is 4.83. The molecule has 1 heterocycles. The minimum atomic E-state index is -0.486. The Labute approximate surface area is 180 Å². The van der Waals surface area contributed by atoms with Gasteiger partial charge in [-0.05, 0) is 43.2 Å². The molecule has 3 amide bonds. The fourth-order valence-electron chi connectivity index (χ4n) is 2.95. The molecule has 2 aromatic rings. The van der Waals surface area contributed by atoms with E-state index in [0.29, 0.717) is 35.3 Å². The summed E-state index contributed by atoms with van der Waals surface area (Å²) in [6.45, 7) is 8.33. The Bertz CT molecular complexity index is 999. The lowest BCUT2D eigenvalue weighted by atomic mass is 10.1. The summed E-state index contributed by atoms with van der Waals surface area (Å²) in [5.74, 6) is 0.466. The molecular weight excluding hydrogens is 404 g/mol. The van der Waals surface area contributed by atoms with Crippen molar-refractivity contribution in [2.45, 2.75) is 20.5 Å². The summed E-state index contributed by atoms with van der Waals surface area (Å²) < 4.78 is 11.6. The van der Waals surface area contributed by atoms with Gasteiger partial charge in [-0.2, -0.15) is 0 Å². The van der Waals surface area contributed by atoms with Crippen LogP contribution in [-0.2, 0) is 11.4 Å². The molecule has 7 heteroatoms. The summed E-state index contributed by atoms with van der Waals surface area (Å²) in [7, 11) is 0. The van der Waals surface area contributed by atoms with Gasteiger partial charge in [0.05, 0.1) is 11.6 Å². The number of carbonyl (C=O) groups is 2. The second kappa shape index (κ2) is 9.50. The number of rotatable bonds is 8. The molecule has 0 bridgehead atoms. The Hall–Kier alpha value is -3.25. The van der Waals surface area contributed by atoms with Crippen molar-refractivity contribution >= 4 is 29.6 Å². The van der Waals surface area contributed by atoms with Crippen LogP contribution in [0, 0.1) is 6.92 Å². The van der Waals surface area contributed by atoms with Gasteiger partial charge in [0.1, 0.15) is 12.3 Å². The number of hydrogen-bond donors (Lipinski definition) is 1. The van der Waals surface area contributed by atoms with Gasteiger partial charge in [-0.1, -0.05) is 47.5 Å². The number of carbonyl (C=O) groups excluding carboxylic acids is 2. The highest BCUT2D eigenvalue weighted by atomic mass is 35.5. The maximum absolute atomic E-state index is 12.4. The van der Waals surface area contributed by atoms with E-state index >= 15 is 0 Å². The van der Waals surface area contributed by atoms with E-state index in [1.54, 1.807) is 18.2 Å². The highest BCUT2D eigenvalue weighted by Crippen LogP contribution is 2.38.